The lowest BCUT2D eigenvalue weighted by Gasteiger charge is -2.15. The van der Waals surface area contributed by atoms with Crippen LogP contribution in [0.3, 0.4) is 0 Å². The fourth-order valence-electron chi connectivity index (χ4n) is 2.10. The van der Waals surface area contributed by atoms with Crippen molar-refractivity contribution in [2.24, 2.45) is 11.0 Å². The van der Waals surface area contributed by atoms with E-state index in [0.29, 0.717) is 0 Å². The number of likely N-dealkylation sites (tertiary alicyclic amines) is 1. The molecule has 0 spiro atoms. The van der Waals surface area contributed by atoms with E-state index in [0.717, 1.165) is 5.56 Å². The lowest BCUT2D eigenvalue weighted by atomic mass is 10.1. The summed E-state index contributed by atoms with van der Waals surface area (Å²) < 4.78 is 18.8. The summed E-state index contributed by atoms with van der Waals surface area (Å²) in [7, 11) is 0. The molecule has 0 aliphatic carbocycles. The molecule has 0 N–H and O–H groups in total. The van der Waals surface area contributed by atoms with Gasteiger partial charge in [-0.25, -0.2) is 9.18 Å². The highest BCUT2D eigenvalue weighted by Crippen LogP contribution is 2.21. The van der Waals surface area contributed by atoms with E-state index in [4.69, 9.17) is 10.3 Å². The van der Waals surface area contributed by atoms with Crippen LogP contribution in [0.4, 0.5) is 9.18 Å². The normalized spacial score (nSPS) is 21.4. The fourth-order valence-corrected chi connectivity index (χ4v) is 2.10. The third-order valence-corrected chi connectivity index (χ3v) is 3.20. The Morgan fingerprint density at radius 2 is 2.20 bits per heavy atom. The first-order chi connectivity index (χ1) is 9.70. The fraction of sp³-hybridized carbons (Fsp3) is 0.462. The second kappa shape index (κ2) is 6.77. The van der Waals surface area contributed by atoms with Gasteiger partial charge in [-0.15, -0.1) is 0 Å². The molecule has 1 aliphatic rings. The van der Waals surface area contributed by atoms with Gasteiger partial charge in [0.15, 0.2) is 0 Å². The number of halogens is 1. The summed E-state index contributed by atoms with van der Waals surface area (Å²) in [4.78, 5) is 15.7. The van der Waals surface area contributed by atoms with Gasteiger partial charge in [-0.3, -0.25) is 0 Å². The average Bonchev–Trinajstić information content (AvgIpc) is 2.85. The molecule has 1 aliphatic heterocycles. The number of hydrogen-bond donors (Lipinski definition) is 0. The summed E-state index contributed by atoms with van der Waals surface area (Å²) in [5, 5.41) is 3.35. The molecular formula is C13H15FN4O2. The lowest BCUT2D eigenvalue weighted by Crippen LogP contribution is -2.29. The zero-order valence-corrected chi connectivity index (χ0v) is 10.9. The number of carbonyl (C=O) groups excluding carboxylic acids is 1. The van der Waals surface area contributed by atoms with Crippen molar-refractivity contribution in [1.29, 1.82) is 0 Å². The first-order valence-electron chi connectivity index (χ1n) is 6.31. The molecule has 0 unspecified atom stereocenters. The maximum atomic E-state index is 13.7. The van der Waals surface area contributed by atoms with Crippen molar-refractivity contribution >= 4 is 6.09 Å². The zero-order valence-electron chi connectivity index (χ0n) is 10.9. The highest BCUT2D eigenvalue weighted by Gasteiger charge is 2.35. The van der Waals surface area contributed by atoms with Crippen LogP contribution in [0.25, 0.3) is 10.4 Å². The molecule has 0 saturated carbocycles. The first kappa shape index (κ1) is 14.1. The predicted molar refractivity (Wildman–Crippen MR) is 70.6 cm³/mol. The van der Waals surface area contributed by atoms with E-state index < -0.39 is 18.2 Å². The van der Waals surface area contributed by atoms with Crippen molar-refractivity contribution in [3.05, 3.63) is 46.3 Å². The molecule has 0 radical (unpaired) electrons. The third-order valence-electron chi connectivity index (χ3n) is 3.20. The molecule has 1 aromatic carbocycles. The molecule has 1 amide bonds. The summed E-state index contributed by atoms with van der Waals surface area (Å²) in [6.45, 7) is 0.418. The van der Waals surface area contributed by atoms with Gasteiger partial charge in [0.25, 0.3) is 0 Å². The third kappa shape index (κ3) is 3.61. The molecule has 0 bridgehead atoms. The van der Waals surface area contributed by atoms with Gasteiger partial charge in [0, 0.05) is 23.9 Å². The van der Waals surface area contributed by atoms with Crippen LogP contribution in [-0.2, 0) is 11.3 Å². The quantitative estimate of drug-likeness (QED) is 0.482. The molecule has 20 heavy (non-hydrogen) atoms. The van der Waals surface area contributed by atoms with E-state index in [1.165, 1.54) is 4.90 Å². The highest BCUT2D eigenvalue weighted by atomic mass is 19.1. The Balaban J connectivity index is 1.83. The summed E-state index contributed by atoms with van der Waals surface area (Å²) >= 11 is 0. The first-order valence-corrected chi connectivity index (χ1v) is 6.31. The number of amides is 1. The van der Waals surface area contributed by atoms with Gasteiger partial charge >= 0.3 is 6.09 Å². The molecule has 1 saturated heterocycles. The van der Waals surface area contributed by atoms with Crippen molar-refractivity contribution in [3.8, 4) is 0 Å². The molecule has 2 atom stereocenters. The minimum absolute atomic E-state index is 0.0146. The maximum Gasteiger partial charge on any atom is 0.410 e. The molecule has 106 valence electrons. The Labute approximate surface area is 115 Å². The van der Waals surface area contributed by atoms with Gasteiger partial charge in [0.05, 0.1) is 6.54 Å². The van der Waals surface area contributed by atoms with Crippen molar-refractivity contribution in [3.63, 3.8) is 0 Å². The predicted octanol–water partition coefficient (Wildman–Crippen LogP) is 2.90. The van der Waals surface area contributed by atoms with E-state index in [1.54, 1.807) is 0 Å². The topological polar surface area (TPSA) is 78.3 Å². The summed E-state index contributed by atoms with van der Waals surface area (Å²) in [6, 6.07) is 9.28. The molecule has 1 fully saturated rings. The smallest absolute Gasteiger partial charge is 0.410 e. The Morgan fingerprint density at radius 3 is 2.90 bits per heavy atom. The standard InChI is InChI=1S/C13H15FN4O2/c14-12-8-18(7-11(12)6-16-17-15)13(19)20-9-10-4-2-1-3-5-10/h1-5,11-12H,6-9H2/t11-,12+/m0/s1. The highest BCUT2D eigenvalue weighted by molar-refractivity contribution is 5.68. The van der Waals surface area contributed by atoms with Crippen molar-refractivity contribution in [1.82, 2.24) is 4.90 Å². The minimum atomic E-state index is -1.18. The Morgan fingerprint density at radius 1 is 1.45 bits per heavy atom. The molecule has 7 heteroatoms. The number of azide groups is 1. The molecule has 1 heterocycles. The molecule has 1 aromatic rings. The Kier molecular flexibility index (Phi) is 4.79. The zero-order chi connectivity index (χ0) is 14.4. The molecule has 6 nitrogen and oxygen atoms in total. The number of ether oxygens (including phenoxy) is 1. The molecule has 2 rings (SSSR count). The minimum Gasteiger partial charge on any atom is -0.445 e. The largest absolute Gasteiger partial charge is 0.445 e. The van der Waals surface area contributed by atoms with Gasteiger partial charge in [0.2, 0.25) is 0 Å². The van der Waals surface area contributed by atoms with Gasteiger partial charge < -0.3 is 9.64 Å². The number of benzene rings is 1. The van der Waals surface area contributed by atoms with E-state index in [-0.39, 0.29) is 26.2 Å². The van der Waals surface area contributed by atoms with Gasteiger partial charge in [-0.2, -0.15) is 0 Å². The second-order valence-electron chi connectivity index (χ2n) is 4.63. The van der Waals surface area contributed by atoms with Crippen LogP contribution < -0.4 is 0 Å². The average molecular weight is 278 g/mol. The van der Waals surface area contributed by atoms with Crippen LogP contribution in [-0.4, -0.2) is 36.8 Å². The number of carbonyl (C=O) groups is 1. The summed E-state index contributed by atoms with van der Waals surface area (Å²) in [5.41, 5.74) is 9.11. The van der Waals surface area contributed by atoms with E-state index in [9.17, 15) is 9.18 Å². The lowest BCUT2D eigenvalue weighted by molar-refractivity contribution is 0.102. The monoisotopic (exact) mass is 278 g/mol. The van der Waals surface area contributed by atoms with Crippen molar-refractivity contribution < 1.29 is 13.9 Å². The Hall–Kier alpha value is -2.27. The number of rotatable bonds is 4. The number of nitrogens with zero attached hydrogens (tertiary/aromatic N) is 4. The Bertz CT molecular complexity index is 504. The number of alkyl halides is 1. The van der Waals surface area contributed by atoms with Gasteiger partial charge in [-0.1, -0.05) is 35.4 Å². The molecule has 0 aromatic heterocycles. The van der Waals surface area contributed by atoms with E-state index in [2.05, 4.69) is 10.0 Å². The maximum absolute atomic E-state index is 13.7. The van der Waals surface area contributed by atoms with Crippen molar-refractivity contribution in [2.45, 2.75) is 12.8 Å². The SMILES string of the molecule is [N-]=[N+]=NC[C@H]1CN(C(=O)OCc2ccccc2)C[C@H]1F. The van der Waals surface area contributed by atoms with Crippen LogP contribution in [0.2, 0.25) is 0 Å². The van der Waals surface area contributed by atoms with Crippen LogP contribution in [0.15, 0.2) is 35.4 Å². The number of hydrogen-bond acceptors (Lipinski definition) is 3. The van der Waals surface area contributed by atoms with Crippen molar-refractivity contribution in [2.75, 3.05) is 19.6 Å². The van der Waals surface area contributed by atoms with Crippen LogP contribution >= 0.6 is 0 Å². The van der Waals surface area contributed by atoms with Gasteiger partial charge in [-0.05, 0) is 11.1 Å². The van der Waals surface area contributed by atoms with Crippen LogP contribution in [0, 0.1) is 5.92 Å². The van der Waals surface area contributed by atoms with Crippen LogP contribution in [0.1, 0.15) is 5.56 Å². The van der Waals surface area contributed by atoms with Gasteiger partial charge in [0.1, 0.15) is 12.8 Å². The summed E-state index contributed by atoms with van der Waals surface area (Å²) in [6.07, 6.45) is -1.72. The molecular weight excluding hydrogens is 263 g/mol. The van der Waals surface area contributed by atoms with Crippen LogP contribution in [0.5, 0.6) is 0 Å². The summed E-state index contributed by atoms with van der Waals surface area (Å²) in [5.74, 6) is -0.449. The van der Waals surface area contributed by atoms with E-state index in [1.807, 2.05) is 30.3 Å². The second-order valence-corrected chi connectivity index (χ2v) is 4.63. The van der Waals surface area contributed by atoms with E-state index >= 15 is 0 Å².